The van der Waals surface area contributed by atoms with Crippen LogP contribution >= 0.6 is 11.3 Å². The first kappa shape index (κ1) is 8.36. The highest BCUT2D eigenvalue weighted by Crippen LogP contribution is 2.21. The molecule has 0 nitrogen and oxygen atoms in total. The molecule has 1 heterocycles. The number of rotatable bonds is 2. The summed E-state index contributed by atoms with van der Waals surface area (Å²) in [6.45, 7) is 4.29. The molecule has 0 amide bonds. The van der Waals surface area contributed by atoms with Crippen molar-refractivity contribution in [2.75, 3.05) is 0 Å². The summed E-state index contributed by atoms with van der Waals surface area (Å²) >= 11 is 1.85. The maximum atomic E-state index is 5.19. The Balaban J connectivity index is 2.71. The topological polar surface area (TPSA) is 0 Å². The number of aryl methyl sites for hydroxylation is 3. The molecule has 0 N–H and O–H groups in total. The van der Waals surface area contributed by atoms with Crippen LogP contribution in [0.1, 0.15) is 21.7 Å². The average molecular weight is 164 g/mol. The van der Waals surface area contributed by atoms with E-state index in [9.17, 15) is 0 Å². The van der Waals surface area contributed by atoms with Crippen molar-refractivity contribution in [3.8, 4) is 12.3 Å². The van der Waals surface area contributed by atoms with E-state index in [1.807, 2.05) is 11.3 Å². The van der Waals surface area contributed by atoms with Crippen molar-refractivity contribution in [2.45, 2.75) is 26.7 Å². The molecule has 11 heavy (non-hydrogen) atoms. The van der Waals surface area contributed by atoms with Crippen LogP contribution in [0.5, 0.6) is 0 Å². The van der Waals surface area contributed by atoms with Gasteiger partial charge in [-0.1, -0.05) is 0 Å². The Bertz CT molecular complexity index is 276. The van der Waals surface area contributed by atoms with Crippen LogP contribution in [-0.2, 0) is 6.42 Å². The zero-order valence-electron chi connectivity index (χ0n) is 6.98. The van der Waals surface area contributed by atoms with Crippen LogP contribution in [0.25, 0.3) is 0 Å². The molecule has 0 bridgehead atoms. The SMILES string of the molecule is C#CCCc1cc(C)sc1C. The highest BCUT2D eigenvalue weighted by atomic mass is 32.1. The largest absolute Gasteiger partial charge is 0.146 e. The van der Waals surface area contributed by atoms with E-state index < -0.39 is 0 Å². The van der Waals surface area contributed by atoms with Crippen LogP contribution in [0.4, 0.5) is 0 Å². The van der Waals surface area contributed by atoms with E-state index >= 15 is 0 Å². The van der Waals surface area contributed by atoms with Gasteiger partial charge in [0, 0.05) is 16.2 Å². The smallest absolute Gasteiger partial charge is 0.0127 e. The van der Waals surface area contributed by atoms with Crippen LogP contribution < -0.4 is 0 Å². The lowest BCUT2D eigenvalue weighted by Gasteiger charge is -1.92. The molecule has 58 valence electrons. The van der Waals surface area contributed by atoms with Crippen molar-refractivity contribution in [2.24, 2.45) is 0 Å². The third-order valence-electron chi connectivity index (χ3n) is 1.68. The van der Waals surface area contributed by atoms with Crippen molar-refractivity contribution < 1.29 is 0 Å². The summed E-state index contributed by atoms with van der Waals surface area (Å²) in [6.07, 6.45) is 7.08. The van der Waals surface area contributed by atoms with Gasteiger partial charge >= 0.3 is 0 Å². The molecule has 0 atom stereocenters. The van der Waals surface area contributed by atoms with Gasteiger partial charge in [0.1, 0.15) is 0 Å². The molecule has 0 saturated carbocycles. The normalized spacial score (nSPS) is 9.55. The molecule has 0 radical (unpaired) electrons. The summed E-state index contributed by atoms with van der Waals surface area (Å²) in [5.41, 5.74) is 1.42. The third-order valence-corrected chi connectivity index (χ3v) is 2.69. The quantitative estimate of drug-likeness (QED) is 0.589. The lowest BCUT2D eigenvalue weighted by atomic mass is 10.1. The van der Waals surface area contributed by atoms with E-state index in [1.54, 1.807) is 0 Å². The van der Waals surface area contributed by atoms with Gasteiger partial charge < -0.3 is 0 Å². The second kappa shape index (κ2) is 3.59. The van der Waals surface area contributed by atoms with Gasteiger partial charge in [0.05, 0.1) is 0 Å². The molecule has 0 fully saturated rings. The van der Waals surface area contributed by atoms with E-state index in [0.717, 1.165) is 12.8 Å². The summed E-state index contributed by atoms with van der Waals surface area (Å²) in [5, 5.41) is 0. The summed E-state index contributed by atoms with van der Waals surface area (Å²) in [4.78, 5) is 2.80. The van der Waals surface area contributed by atoms with Gasteiger partial charge in [-0.05, 0) is 31.9 Å². The molecule has 1 rings (SSSR count). The summed E-state index contributed by atoms with van der Waals surface area (Å²) < 4.78 is 0. The summed E-state index contributed by atoms with van der Waals surface area (Å²) in [7, 11) is 0. The Labute approximate surface area is 72.3 Å². The van der Waals surface area contributed by atoms with Crippen LogP contribution in [0.15, 0.2) is 6.07 Å². The zero-order valence-corrected chi connectivity index (χ0v) is 7.79. The van der Waals surface area contributed by atoms with Gasteiger partial charge in [-0.15, -0.1) is 23.7 Å². The van der Waals surface area contributed by atoms with Crippen molar-refractivity contribution in [1.29, 1.82) is 0 Å². The van der Waals surface area contributed by atoms with E-state index in [4.69, 9.17) is 6.42 Å². The van der Waals surface area contributed by atoms with Crippen molar-refractivity contribution in [3.63, 3.8) is 0 Å². The van der Waals surface area contributed by atoms with E-state index in [0.29, 0.717) is 0 Å². The van der Waals surface area contributed by atoms with E-state index in [-0.39, 0.29) is 0 Å². The lowest BCUT2D eigenvalue weighted by molar-refractivity contribution is 1.02. The predicted octanol–water partition coefficient (Wildman–Crippen LogP) is 2.93. The second-order valence-corrected chi connectivity index (χ2v) is 4.10. The number of terminal acetylenes is 1. The maximum Gasteiger partial charge on any atom is 0.0127 e. The molecule has 0 spiro atoms. The van der Waals surface area contributed by atoms with Crippen molar-refractivity contribution in [1.82, 2.24) is 0 Å². The monoisotopic (exact) mass is 164 g/mol. The summed E-state index contributed by atoms with van der Waals surface area (Å²) in [6, 6.07) is 2.23. The molecule has 0 aliphatic rings. The van der Waals surface area contributed by atoms with Gasteiger partial charge in [0.2, 0.25) is 0 Å². The zero-order chi connectivity index (χ0) is 8.27. The molecular formula is C10H12S. The average Bonchev–Trinajstić information content (AvgIpc) is 2.26. The fourth-order valence-corrected chi connectivity index (χ4v) is 2.11. The Morgan fingerprint density at radius 3 is 2.73 bits per heavy atom. The molecule has 0 aromatic carbocycles. The van der Waals surface area contributed by atoms with Crippen LogP contribution in [-0.4, -0.2) is 0 Å². The highest BCUT2D eigenvalue weighted by Gasteiger charge is 2.00. The van der Waals surface area contributed by atoms with E-state index in [1.165, 1.54) is 15.3 Å². The molecule has 1 aromatic rings. The van der Waals surface area contributed by atoms with E-state index in [2.05, 4.69) is 25.8 Å². The van der Waals surface area contributed by atoms with Crippen LogP contribution in [0.3, 0.4) is 0 Å². The standard InChI is InChI=1S/C10H12S/c1-4-5-6-10-7-8(2)11-9(10)3/h1,7H,5-6H2,2-3H3. The molecule has 0 unspecified atom stereocenters. The summed E-state index contributed by atoms with van der Waals surface area (Å²) in [5.74, 6) is 2.66. The third kappa shape index (κ3) is 2.10. The number of hydrogen-bond acceptors (Lipinski definition) is 1. The Hall–Kier alpha value is -0.740. The Morgan fingerprint density at radius 1 is 1.55 bits per heavy atom. The fraction of sp³-hybridized carbons (Fsp3) is 0.400. The van der Waals surface area contributed by atoms with Crippen molar-refractivity contribution in [3.05, 3.63) is 21.4 Å². The Morgan fingerprint density at radius 2 is 2.27 bits per heavy atom. The molecular weight excluding hydrogens is 152 g/mol. The maximum absolute atomic E-state index is 5.19. The first-order valence-corrected chi connectivity index (χ1v) is 4.55. The molecule has 0 aliphatic heterocycles. The molecule has 1 heteroatoms. The predicted molar refractivity (Wildman–Crippen MR) is 50.9 cm³/mol. The fourth-order valence-electron chi connectivity index (χ4n) is 1.14. The van der Waals surface area contributed by atoms with Crippen LogP contribution in [0, 0.1) is 26.2 Å². The second-order valence-electron chi connectivity index (χ2n) is 2.64. The minimum atomic E-state index is 0.858. The molecule has 0 aliphatic carbocycles. The van der Waals surface area contributed by atoms with Gasteiger partial charge in [0.15, 0.2) is 0 Å². The molecule has 0 saturated heterocycles. The first-order chi connectivity index (χ1) is 5.24. The highest BCUT2D eigenvalue weighted by molar-refractivity contribution is 7.12. The lowest BCUT2D eigenvalue weighted by Crippen LogP contribution is -1.81. The van der Waals surface area contributed by atoms with Crippen molar-refractivity contribution >= 4 is 11.3 Å². The minimum absolute atomic E-state index is 0.858. The van der Waals surface area contributed by atoms with Gasteiger partial charge in [-0.2, -0.15) is 0 Å². The first-order valence-electron chi connectivity index (χ1n) is 3.73. The van der Waals surface area contributed by atoms with Gasteiger partial charge in [-0.3, -0.25) is 0 Å². The minimum Gasteiger partial charge on any atom is -0.146 e. The number of thiophene rings is 1. The van der Waals surface area contributed by atoms with Crippen LogP contribution in [0.2, 0.25) is 0 Å². The van der Waals surface area contributed by atoms with Gasteiger partial charge in [-0.25, -0.2) is 0 Å². The Kier molecular flexibility index (Phi) is 2.73. The molecule has 1 aromatic heterocycles. The number of hydrogen-bond donors (Lipinski definition) is 0. The van der Waals surface area contributed by atoms with Gasteiger partial charge in [0.25, 0.3) is 0 Å².